The molecule has 0 N–H and O–H groups in total. The van der Waals surface area contributed by atoms with E-state index in [-0.39, 0.29) is 0 Å². The van der Waals surface area contributed by atoms with Crippen molar-refractivity contribution in [3.8, 4) is 0 Å². The zero-order valence-electron chi connectivity index (χ0n) is 11.5. The highest BCUT2D eigenvalue weighted by Gasteiger charge is 2.04. The fraction of sp³-hybridized carbons (Fsp3) is 0.375. The van der Waals surface area contributed by atoms with E-state index in [4.69, 9.17) is 0 Å². The van der Waals surface area contributed by atoms with E-state index in [2.05, 4.69) is 46.4 Å². The van der Waals surface area contributed by atoms with Crippen LogP contribution in [0, 0.1) is 27.7 Å². The summed E-state index contributed by atoms with van der Waals surface area (Å²) in [7, 11) is 0. The first-order valence-electron chi connectivity index (χ1n) is 5.94. The van der Waals surface area contributed by atoms with Crippen LogP contribution in [-0.2, 0) is 0 Å². The molecule has 0 atom stereocenters. The fourth-order valence-electron chi connectivity index (χ4n) is 1.66. The Bertz CT molecular complexity index is 355. The molecular weight excluding hydrogens is 192 g/mol. The van der Waals surface area contributed by atoms with Crippen LogP contribution in [0.3, 0.4) is 0 Å². The second kappa shape index (κ2) is 7.05. The Morgan fingerprint density at radius 1 is 0.938 bits per heavy atom. The highest BCUT2D eigenvalue weighted by atomic mass is 14.1. The van der Waals surface area contributed by atoms with Gasteiger partial charge in [0.1, 0.15) is 0 Å². The summed E-state index contributed by atoms with van der Waals surface area (Å²) < 4.78 is 0. The molecule has 0 amide bonds. The van der Waals surface area contributed by atoms with E-state index >= 15 is 0 Å². The monoisotopic (exact) mass is 216 g/mol. The maximum absolute atomic E-state index is 3.69. The van der Waals surface area contributed by atoms with E-state index in [0.29, 0.717) is 0 Å². The van der Waals surface area contributed by atoms with Crippen molar-refractivity contribution in [1.82, 2.24) is 0 Å². The number of hydrogen-bond donors (Lipinski definition) is 0. The van der Waals surface area contributed by atoms with Crippen molar-refractivity contribution < 1.29 is 0 Å². The maximum atomic E-state index is 3.69. The molecule has 1 rings (SSSR count). The van der Waals surface area contributed by atoms with Gasteiger partial charge in [-0.3, -0.25) is 0 Å². The zero-order valence-corrected chi connectivity index (χ0v) is 11.5. The molecule has 0 nitrogen and oxygen atoms in total. The van der Waals surface area contributed by atoms with Crippen LogP contribution in [0.1, 0.15) is 41.7 Å². The van der Waals surface area contributed by atoms with E-state index in [0.717, 1.165) is 0 Å². The molecule has 0 aliphatic heterocycles. The molecule has 1 aromatic rings. The summed E-state index contributed by atoms with van der Waals surface area (Å²) in [6.07, 6.45) is 5.95. The molecule has 0 spiro atoms. The predicted octanol–water partition coefficient (Wildman–Crippen LogP) is 5.15. The molecule has 0 heterocycles. The van der Waals surface area contributed by atoms with Gasteiger partial charge in [0.25, 0.3) is 0 Å². The Balaban J connectivity index is 0.00000106. The smallest absolute Gasteiger partial charge is 0.0193 e. The van der Waals surface area contributed by atoms with Crippen LogP contribution in [0.5, 0.6) is 0 Å². The molecule has 0 aliphatic carbocycles. The van der Waals surface area contributed by atoms with E-state index in [1.807, 2.05) is 26.0 Å². The lowest BCUT2D eigenvalue weighted by molar-refractivity contribution is 1.23. The van der Waals surface area contributed by atoms with Crippen molar-refractivity contribution in [2.24, 2.45) is 0 Å². The largest absolute Gasteiger partial charge is 0.0991 e. The number of aryl methyl sites for hydroxylation is 2. The summed E-state index contributed by atoms with van der Waals surface area (Å²) in [5, 5.41) is 0. The molecule has 0 radical (unpaired) electrons. The van der Waals surface area contributed by atoms with Crippen molar-refractivity contribution in [2.75, 3.05) is 0 Å². The first-order chi connectivity index (χ1) is 7.57. The molecule has 0 saturated carbocycles. The minimum atomic E-state index is 1.34. The number of allylic oxidation sites excluding steroid dienone is 2. The first kappa shape index (κ1) is 14.7. The Morgan fingerprint density at radius 2 is 1.38 bits per heavy atom. The van der Waals surface area contributed by atoms with Gasteiger partial charge in [-0.25, -0.2) is 0 Å². The molecule has 0 aliphatic rings. The molecular formula is C16H24. The van der Waals surface area contributed by atoms with Gasteiger partial charge in [0.05, 0.1) is 0 Å². The summed E-state index contributed by atoms with van der Waals surface area (Å²) in [4.78, 5) is 0. The average Bonchev–Trinajstić information content (AvgIpc) is 2.29. The van der Waals surface area contributed by atoms with Gasteiger partial charge in [0.15, 0.2) is 0 Å². The van der Waals surface area contributed by atoms with Crippen LogP contribution in [0.25, 0.3) is 6.08 Å². The van der Waals surface area contributed by atoms with Gasteiger partial charge in [-0.15, -0.1) is 0 Å². The molecule has 0 heteroatoms. The van der Waals surface area contributed by atoms with Crippen LogP contribution >= 0.6 is 0 Å². The van der Waals surface area contributed by atoms with Gasteiger partial charge in [0, 0.05) is 0 Å². The Hall–Kier alpha value is -1.30. The summed E-state index contributed by atoms with van der Waals surface area (Å²) in [6.45, 7) is 16.4. The van der Waals surface area contributed by atoms with Gasteiger partial charge < -0.3 is 0 Å². The number of benzene rings is 1. The van der Waals surface area contributed by atoms with Crippen molar-refractivity contribution in [2.45, 2.75) is 41.5 Å². The summed E-state index contributed by atoms with van der Waals surface area (Å²) in [5.74, 6) is 0. The normalized spacial score (nSPS) is 9.88. The van der Waals surface area contributed by atoms with Crippen molar-refractivity contribution in [3.63, 3.8) is 0 Å². The predicted molar refractivity (Wildman–Crippen MR) is 76.0 cm³/mol. The van der Waals surface area contributed by atoms with Crippen LogP contribution in [0.15, 0.2) is 24.8 Å². The topological polar surface area (TPSA) is 0 Å². The van der Waals surface area contributed by atoms with Gasteiger partial charge in [-0.2, -0.15) is 0 Å². The van der Waals surface area contributed by atoms with Gasteiger partial charge >= 0.3 is 0 Å². The summed E-state index contributed by atoms with van der Waals surface area (Å²) in [6, 6.07) is 2.25. The molecule has 88 valence electrons. The standard InChI is InChI=1S/C14H18.C2H6/c1-6-7-8-14-12(4)10(2)9-11(3)13(14)5;1-2/h6-9H,1H2,2-5H3;1-2H3/b8-7-;. The number of hydrogen-bond acceptors (Lipinski definition) is 0. The van der Waals surface area contributed by atoms with Gasteiger partial charge in [-0.05, 0) is 55.5 Å². The second-order valence-electron chi connectivity index (χ2n) is 3.77. The Kier molecular flexibility index (Phi) is 6.48. The van der Waals surface area contributed by atoms with Gasteiger partial charge in [-0.1, -0.05) is 44.7 Å². The van der Waals surface area contributed by atoms with E-state index in [1.54, 1.807) is 0 Å². The fourth-order valence-corrected chi connectivity index (χ4v) is 1.66. The van der Waals surface area contributed by atoms with Crippen LogP contribution in [0.4, 0.5) is 0 Å². The third kappa shape index (κ3) is 3.37. The maximum Gasteiger partial charge on any atom is -0.0193 e. The highest BCUT2D eigenvalue weighted by Crippen LogP contribution is 2.22. The molecule has 0 aromatic heterocycles. The third-order valence-electron chi connectivity index (χ3n) is 2.82. The van der Waals surface area contributed by atoms with E-state index in [1.165, 1.54) is 27.8 Å². The molecule has 1 aromatic carbocycles. The second-order valence-corrected chi connectivity index (χ2v) is 3.77. The minimum Gasteiger partial charge on any atom is -0.0991 e. The lowest BCUT2D eigenvalue weighted by atomic mass is 9.94. The van der Waals surface area contributed by atoms with Crippen LogP contribution in [-0.4, -0.2) is 0 Å². The van der Waals surface area contributed by atoms with Crippen molar-refractivity contribution in [1.29, 1.82) is 0 Å². The molecule has 16 heavy (non-hydrogen) atoms. The Labute approximate surface area is 101 Å². The van der Waals surface area contributed by atoms with Crippen molar-refractivity contribution >= 4 is 6.08 Å². The molecule has 0 bridgehead atoms. The molecule has 0 fully saturated rings. The summed E-state index contributed by atoms with van der Waals surface area (Å²) >= 11 is 0. The lowest BCUT2D eigenvalue weighted by Crippen LogP contribution is -1.93. The Morgan fingerprint density at radius 3 is 1.75 bits per heavy atom. The van der Waals surface area contributed by atoms with Crippen molar-refractivity contribution in [3.05, 3.63) is 52.6 Å². The molecule has 0 unspecified atom stereocenters. The molecule has 0 saturated heterocycles. The third-order valence-corrected chi connectivity index (χ3v) is 2.82. The first-order valence-corrected chi connectivity index (χ1v) is 5.94. The number of rotatable bonds is 2. The van der Waals surface area contributed by atoms with Crippen LogP contribution < -0.4 is 0 Å². The average molecular weight is 216 g/mol. The SMILES string of the molecule is C=C/C=C\c1c(C)c(C)cc(C)c1C.CC. The van der Waals surface area contributed by atoms with E-state index < -0.39 is 0 Å². The van der Waals surface area contributed by atoms with Gasteiger partial charge in [0.2, 0.25) is 0 Å². The van der Waals surface area contributed by atoms with E-state index in [9.17, 15) is 0 Å². The minimum absolute atomic E-state index is 1.34. The lowest BCUT2D eigenvalue weighted by Gasteiger charge is -2.11. The quantitative estimate of drug-likeness (QED) is 0.600. The zero-order chi connectivity index (χ0) is 12.7. The highest BCUT2D eigenvalue weighted by molar-refractivity contribution is 5.62. The van der Waals surface area contributed by atoms with Crippen LogP contribution in [0.2, 0.25) is 0 Å². The summed E-state index contributed by atoms with van der Waals surface area (Å²) in [5.41, 5.74) is 6.79.